The quantitative estimate of drug-likeness (QED) is 0.455. The van der Waals surface area contributed by atoms with Crippen LogP contribution < -0.4 is 0 Å². The first-order chi connectivity index (χ1) is 8.66. The van der Waals surface area contributed by atoms with E-state index in [4.69, 9.17) is 4.74 Å². The van der Waals surface area contributed by atoms with Gasteiger partial charge in [-0.1, -0.05) is 34.1 Å². The van der Waals surface area contributed by atoms with Gasteiger partial charge in [0.1, 0.15) is 0 Å². The lowest BCUT2D eigenvalue weighted by molar-refractivity contribution is 0.0529. The molecule has 0 saturated carbocycles. The Labute approximate surface area is 114 Å². The van der Waals surface area contributed by atoms with Crippen LogP contribution in [0.5, 0.6) is 0 Å². The minimum Gasteiger partial charge on any atom is -0.372 e. The number of likely N-dealkylation sites (tertiary alicyclic amines) is 1. The first-order valence-electron chi connectivity index (χ1n) is 5.87. The standard InChI is InChI=1S/C13H14BrNO3/c14-11-6-8-15(9-7-11)13(17)18-12(16)10-4-2-1-3-5-10/h1-5,11H,6-9H2. The second-order valence-electron chi connectivity index (χ2n) is 4.18. The summed E-state index contributed by atoms with van der Waals surface area (Å²) in [6.07, 6.45) is 1.21. The highest BCUT2D eigenvalue weighted by Crippen LogP contribution is 2.18. The Morgan fingerprint density at radius 1 is 1.17 bits per heavy atom. The van der Waals surface area contributed by atoms with Crippen LogP contribution in [0.2, 0.25) is 0 Å². The number of nitrogens with zero attached hydrogens (tertiary/aromatic N) is 1. The number of hydrogen-bond donors (Lipinski definition) is 0. The summed E-state index contributed by atoms with van der Waals surface area (Å²) in [5.74, 6) is -0.596. The van der Waals surface area contributed by atoms with Crippen molar-refractivity contribution in [3.8, 4) is 0 Å². The first-order valence-corrected chi connectivity index (χ1v) is 6.78. The molecule has 1 aromatic rings. The Morgan fingerprint density at radius 2 is 1.78 bits per heavy atom. The van der Waals surface area contributed by atoms with Crippen LogP contribution in [-0.4, -0.2) is 34.9 Å². The lowest BCUT2D eigenvalue weighted by Gasteiger charge is -2.28. The smallest absolute Gasteiger partial charge is 0.372 e. The van der Waals surface area contributed by atoms with Crippen LogP contribution >= 0.6 is 15.9 Å². The predicted molar refractivity (Wildman–Crippen MR) is 70.8 cm³/mol. The van der Waals surface area contributed by atoms with Crippen LogP contribution in [0.1, 0.15) is 23.2 Å². The van der Waals surface area contributed by atoms with Gasteiger partial charge in [-0.3, -0.25) is 0 Å². The van der Waals surface area contributed by atoms with Gasteiger partial charge in [0, 0.05) is 17.9 Å². The number of esters is 1. The average Bonchev–Trinajstić information content (AvgIpc) is 2.40. The molecule has 96 valence electrons. The van der Waals surface area contributed by atoms with Gasteiger partial charge in [0.05, 0.1) is 5.56 Å². The highest BCUT2D eigenvalue weighted by Gasteiger charge is 2.24. The van der Waals surface area contributed by atoms with E-state index in [1.807, 2.05) is 0 Å². The van der Waals surface area contributed by atoms with Crippen LogP contribution in [0.4, 0.5) is 4.79 Å². The fraction of sp³-hybridized carbons (Fsp3) is 0.385. The summed E-state index contributed by atoms with van der Waals surface area (Å²) in [5.41, 5.74) is 0.390. The van der Waals surface area contributed by atoms with Gasteiger partial charge in [-0.25, -0.2) is 9.59 Å². The molecule has 0 atom stereocenters. The predicted octanol–water partition coefficient (Wildman–Crippen LogP) is 2.82. The van der Waals surface area contributed by atoms with Gasteiger partial charge >= 0.3 is 12.1 Å². The van der Waals surface area contributed by atoms with E-state index in [2.05, 4.69) is 15.9 Å². The monoisotopic (exact) mass is 311 g/mol. The van der Waals surface area contributed by atoms with E-state index in [0.717, 1.165) is 12.8 Å². The Kier molecular flexibility index (Phi) is 4.36. The lowest BCUT2D eigenvalue weighted by atomic mass is 10.1. The number of ether oxygens (including phenoxy) is 1. The number of piperidine rings is 1. The fourth-order valence-corrected chi connectivity index (χ4v) is 2.22. The number of halogens is 1. The summed E-state index contributed by atoms with van der Waals surface area (Å²) in [6.45, 7) is 1.24. The van der Waals surface area contributed by atoms with Crippen molar-refractivity contribution in [3.63, 3.8) is 0 Å². The van der Waals surface area contributed by atoms with Gasteiger partial charge in [0.25, 0.3) is 0 Å². The number of amides is 1. The third-order valence-electron chi connectivity index (χ3n) is 2.87. The zero-order valence-corrected chi connectivity index (χ0v) is 11.4. The van der Waals surface area contributed by atoms with Crippen molar-refractivity contribution in [2.24, 2.45) is 0 Å². The van der Waals surface area contributed by atoms with Crippen LogP contribution in [0.25, 0.3) is 0 Å². The van der Waals surface area contributed by atoms with Gasteiger partial charge in [-0.15, -0.1) is 0 Å². The minimum absolute atomic E-state index is 0.390. The Bertz CT molecular complexity index is 427. The van der Waals surface area contributed by atoms with Gasteiger partial charge in [0.2, 0.25) is 0 Å². The van der Waals surface area contributed by atoms with E-state index >= 15 is 0 Å². The minimum atomic E-state index is -0.596. The molecule has 1 aliphatic heterocycles. The lowest BCUT2D eigenvalue weighted by Crippen LogP contribution is -2.39. The molecule has 0 spiro atoms. The second kappa shape index (κ2) is 6.00. The Balaban J connectivity index is 1.90. The van der Waals surface area contributed by atoms with Crippen LogP contribution in [0.15, 0.2) is 30.3 Å². The molecule has 1 aliphatic rings. The van der Waals surface area contributed by atoms with Crippen molar-refractivity contribution in [2.75, 3.05) is 13.1 Å². The van der Waals surface area contributed by atoms with E-state index in [1.165, 1.54) is 0 Å². The maximum absolute atomic E-state index is 11.8. The molecule has 1 aromatic carbocycles. The second-order valence-corrected chi connectivity index (χ2v) is 5.48. The molecule has 1 saturated heterocycles. The molecule has 2 rings (SSSR count). The van der Waals surface area contributed by atoms with Crippen molar-refractivity contribution < 1.29 is 14.3 Å². The SMILES string of the molecule is O=C(OC(=O)N1CCC(Br)CC1)c1ccccc1. The van der Waals surface area contributed by atoms with Crippen molar-refractivity contribution >= 4 is 28.0 Å². The summed E-state index contributed by atoms with van der Waals surface area (Å²) in [4.78, 5) is 25.5. The van der Waals surface area contributed by atoms with E-state index < -0.39 is 12.1 Å². The largest absolute Gasteiger partial charge is 0.417 e. The van der Waals surface area contributed by atoms with Crippen LogP contribution in [0.3, 0.4) is 0 Å². The summed E-state index contributed by atoms with van der Waals surface area (Å²) >= 11 is 3.51. The average molecular weight is 312 g/mol. The molecule has 0 aliphatic carbocycles. The topological polar surface area (TPSA) is 46.6 Å². The molecule has 1 fully saturated rings. The Hall–Kier alpha value is -1.36. The van der Waals surface area contributed by atoms with E-state index in [0.29, 0.717) is 23.5 Å². The zero-order valence-electron chi connectivity index (χ0n) is 9.84. The van der Waals surface area contributed by atoms with Crippen molar-refractivity contribution in [1.29, 1.82) is 0 Å². The van der Waals surface area contributed by atoms with Crippen LogP contribution in [0, 0.1) is 0 Å². The normalized spacial score (nSPS) is 16.4. The molecule has 1 amide bonds. The molecule has 0 aromatic heterocycles. The van der Waals surface area contributed by atoms with Gasteiger partial charge in [-0.2, -0.15) is 0 Å². The molecule has 18 heavy (non-hydrogen) atoms. The third-order valence-corrected chi connectivity index (χ3v) is 3.79. The van der Waals surface area contributed by atoms with Crippen LogP contribution in [-0.2, 0) is 4.74 Å². The molecular formula is C13H14BrNO3. The molecule has 0 bridgehead atoms. The maximum Gasteiger partial charge on any atom is 0.417 e. The Morgan fingerprint density at radius 3 is 2.39 bits per heavy atom. The third kappa shape index (κ3) is 3.32. The number of benzene rings is 1. The van der Waals surface area contributed by atoms with E-state index in [1.54, 1.807) is 35.2 Å². The molecule has 1 heterocycles. The fourth-order valence-electron chi connectivity index (χ4n) is 1.81. The van der Waals surface area contributed by atoms with Gasteiger partial charge < -0.3 is 9.64 Å². The number of carbonyl (C=O) groups excluding carboxylic acids is 2. The van der Waals surface area contributed by atoms with E-state index in [-0.39, 0.29) is 0 Å². The molecule has 0 radical (unpaired) electrons. The number of rotatable bonds is 1. The summed E-state index contributed by atoms with van der Waals surface area (Å²) in [5, 5.41) is 0. The molecular weight excluding hydrogens is 298 g/mol. The van der Waals surface area contributed by atoms with Crippen molar-refractivity contribution in [2.45, 2.75) is 17.7 Å². The molecule has 4 nitrogen and oxygen atoms in total. The zero-order chi connectivity index (χ0) is 13.0. The summed E-state index contributed by atoms with van der Waals surface area (Å²) < 4.78 is 4.84. The highest BCUT2D eigenvalue weighted by molar-refractivity contribution is 9.09. The highest BCUT2D eigenvalue weighted by atomic mass is 79.9. The summed E-state index contributed by atoms with van der Waals surface area (Å²) in [7, 11) is 0. The van der Waals surface area contributed by atoms with Crippen molar-refractivity contribution in [3.05, 3.63) is 35.9 Å². The summed E-state index contributed by atoms with van der Waals surface area (Å²) in [6, 6.07) is 8.52. The molecule has 5 heteroatoms. The van der Waals surface area contributed by atoms with Crippen molar-refractivity contribution in [1.82, 2.24) is 4.90 Å². The maximum atomic E-state index is 11.8. The van der Waals surface area contributed by atoms with Gasteiger partial charge in [-0.05, 0) is 25.0 Å². The van der Waals surface area contributed by atoms with E-state index in [9.17, 15) is 9.59 Å². The first kappa shape index (κ1) is 13.1. The molecule has 0 unspecified atom stereocenters. The molecule has 0 N–H and O–H groups in total. The number of alkyl halides is 1. The van der Waals surface area contributed by atoms with Gasteiger partial charge in [0.15, 0.2) is 0 Å². The number of hydrogen-bond acceptors (Lipinski definition) is 3. The number of carbonyl (C=O) groups is 2.